The highest BCUT2D eigenvalue weighted by Gasteiger charge is 2.31. The second-order valence-corrected chi connectivity index (χ2v) is 9.65. The Morgan fingerprint density at radius 3 is 1.14 bits per heavy atom. The van der Waals surface area contributed by atoms with Crippen molar-refractivity contribution >= 4 is 23.9 Å². The molecule has 0 amide bonds. The fourth-order valence-corrected chi connectivity index (χ4v) is 4.86. The lowest BCUT2D eigenvalue weighted by atomic mass is 9.77. The molecule has 0 N–H and O–H groups in total. The summed E-state index contributed by atoms with van der Waals surface area (Å²) in [4.78, 5) is 47.3. The van der Waals surface area contributed by atoms with Gasteiger partial charge in [-0.2, -0.15) is 0 Å². The van der Waals surface area contributed by atoms with Crippen LogP contribution in [0.4, 0.5) is 0 Å². The molecule has 6 heteroatoms. The van der Waals surface area contributed by atoms with Gasteiger partial charge < -0.3 is 9.47 Å². The SMILES string of the molecule is CC(C)(c1ccc(-c2ccc3c(c2)C(=O)OC3=O)cc1)c1ccc(-c2ccc3c(c2)C(=O)OC3=O)cc1. The van der Waals surface area contributed by atoms with Crippen LogP contribution in [-0.4, -0.2) is 23.9 Å². The van der Waals surface area contributed by atoms with Gasteiger partial charge in [0, 0.05) is 5.41 Å². The fourth-order valence-electron chi connectivity index (χ4n) is 4.86. The van der Waals surface area contributed by atoms with E-state index in [9.17, 15) is 19.2 Å². The zero-order valence-corrected chi connectivity index (χ0v) is 20.0. The van der Waals surface area contributed by atoms with Crippen molar-refractivity contribution in [3.63, 3.8) is 0 Å². The average molecular weight is 488 g/mol. The van der Waals surface area contributed by atoms with E-state index in [1.165, 1.54) is 0 Å². The number of ether oxygens (including phenoxy) is 2. The van der Waals surface area contributed by atoms with Crippen LogP contribution in [0.2, 0.25) is 0 Å². The van der Waals surface area contributed by atoms with Crippen molar-refractivity contribution in [1.82, 2.24) is 0 Å². The van der Waals surface area contributed by atoms with E-state index in [1.54, 1.807) is 24.3 Å². The van der Waals surface area contributed by atoms with E-state index in [4.69, 9.17) is 0 Å². The maximum absolute atomic E-state index is 11.9. The summed E-state index contributed by atoms with van der Waals surface area (Å²) in [6, 6.07) is 26.5. The number of carbonyl (C=O) groups is 4. The summed E-state index contributed by atoms with van der Waals surface area (Å²) >= 11 is 0. The molecule has 37 heavy (non-hydrogen) atoms. The molecule has 2 aliphatic rings. The molecule has 0 radical (unpaired) electrons. The van der Waals surface area contributed by atoms with E-state index >= 15 is 0 Å². The third-order valence-electron chi connectivity index (χ3n) is 7.17. The molecule has 180 valence electrons. The van der Waals surface area contributed by atoms with Crippen molar-refractivity contribution in [2.75, 3.05) is 0 Å². The number of benzene rings is 4. The fraction of sp³-hybridized carbons (Fsp3) is 0.0968. The Labute approximate surface area is 212 Å². The minimum absolute atomic E-state index is 0.291. The Kier molecular flexibility index (Phi) is 4.95. The Morgan fingerprint density at radius 2 is 0.757 bits per heavy atom. The quantitative estimate of drug-likeness (QED) is 0.260. The van der Waals surface area contributed by atoms with Crippen LogP contribution in [0.25, 0.3) is 22.3 Å². The third kappa shape index (κ3) is 3.65. The summed E-state index contributed by atoms with van der Waals surface area (Å²) in [5.41, 5.74) is 6.62. The van der Waals surface area contributed by atoms with Crippen LogP contribution in [0, 0.1) is 0 Å². The molecule has 4 aromatic rings. The molecule has 0 fully saturated rings. The first kappa shape index (κ1) is 22.6. The first-order chi connectivity index (χ1) is 17.7. The number of fused-ring (bicyclic) bond motifs is 2. The molecule has 6 nitrogen and oxygen atoms in total. The van der Waals surface area contributed by atoms with Crippen LogP contribution in [-0.2, 0) is 14.9 Å². The molecule has 0 atom stereocenters. The molecule has 4 aromatic carbocycles. The molecule has 2 aliphatic heterocycles. The van der Waals surface area contributed by atoms with Gasteiger partial charge in [-0.3, -0.25) is 0 Å². The van der Waals surface area contributed by atoms with E-state index < -0.39 is 23.9 Å². The third-order valence-corrected chi connectivity index (χ3v) is 7.17. The highest BCUT2D eigenvalue weighted by molar-refractivity contribution is 6.16. The second-order valence-electron chi connectivity index (χ2n) is 9.65. The number of cyclic esters (lactones) is 4. The van der Waals surface area contributed by atoms with E-state index in [-0.39, 0.29) is 5.41 Å². The van der Waals surface area contributed by atoms with E-state index in [2.05, 4.69) is 47.6 Å². The molecular formula is C31H20O6. The van der Waals surface area contributed by atoms with Gasteiger partial charge in [-0.25, -0.2) is 19.2 Å². The van der Waals surface area contributed by atoms with Gasteiger partial charge in [-0.15, -0.1) is 0 Å². The van der Waals surface area contributed by atoms with Crippen molar-refractivity contribution < 1.29 is 28.7 Å². The molecule has 0 aliphatic carbocycles. The van der Waals surface area contributed by atoms with Crippen molar-refractivity contribution in [3.8, 4) is 22.3 Å². The van der Waals surface area contributed by atoms with Crippen molar-refractivity contribution in [2.45, 2.75) is 19.3 Å². The predicted molar refractivity (Wildman–Crippen MR) is 135 cm³/mol. The van der Waals surface area contributed by atoms with Gasteiger partial charge >= 0.3 is 23.9 Å². The van der Waals surface area contributed by atoms with Gasteiger partial charge in [0.05, 0.1) is 22.3 Å². The van der Waals surface area contributed by atoms with Crippen LogP contribution in [0.3, 0.4) is 0 Å². The summed E-state index contributed by atoms with van der Waals surface area (Å²) in [5.74, 6) is -2.44. The lowest BCUT2D eigenvalue weighted by Crippen LogP contribution is -2.18. The summed E-state index contributed by atoms with van der Waals surface area (Å²) in [6.45, 7) is 4.29. The highest BCUT2D eigenvalue weighted by Crippen LogP contribution is 2.35. The van der Waals surface area contributed by atoms with E-state index in [1.807, 2.05) is 36.4 Å². The number of rotatable bonds is 4. The molecule has 0 saturated heterocycles. The highest BCUT2D eigenvalue weighted by atomic mass is 16.6. The zero-order valence-electron chi connectivity index (χ0n) is 20.0. The maximum atomic E-state index is 11.9. The first-order valence-electron chi connectivity index (χ1n) is 11.8. The van der Waals surface area contributed by atoms with Gasteiger partial charge in [0.1, 0.15) is 0 Å². The van der Waals surface area contributed by atoms with Gasteiger partial charge in [-0.05, 0) is 57.6 Å². The van der Waals surface area contributed by atoms with Crippen LogP contribution in [0.1, 0.15) is 66.4 Å². The number of hydrogen-bond acceptors (Lipinski definition) is 6. The van der Waals surface area contributed by atoms with Crippen molar-refractivity contribution in [2.24, 2.45) is 0 Å². The molecule has 6 rings (SSSR count). The predicted octanol–water partition coefficient (Wildman–Crippen LogP) is 5.97. The molecule has 0 bridgehead atoms. The molecule has 2 heterocycles. The molecular weight excluding hydrogens is 468 g/mol. The normalized spacial score (nSPS) is 14.3. The monoisotopic (exact) mass is 488 g/mol. The van der Waals surface area contributed by atoms with Gasteiger partial charge in [0.15, 0.2) is 0 Å². The lowest BCUT2D eigenvalue weighted by molar-refractivity contribution is 0.0425. The average Bonchev–Trinajstić information content (AvgIpc) is 3.37. The Bertz CT molecular complexity index is 1520. The molecule has 0 aromatic heterocycles. The number of esters is 4. The van der Waals surface area contributed by atoms with Crippen LogP contribution < -0.4 is 0 Å². The van der Waals surface area contributed by atoms with Gasteiger partial charge in [0.25, 0.3) is 0 Å². The summed E-state index contributed by atoms with van der Waals surface area (Å²) in [7, 11) is 0. The summed E-state index contributed by atoms with van der Waals surface area (Å²) in [6.07, 6.45) is 0. The molecule has 0 unspecified atom stereocenters. The maximum Gasteiger partial charge on any atom is 0.346 e. The zero-order chi connectivity index (χ0) is 25.9. The Morgan fingerprint density at radius 1 is 0.432 bits per heavy atom. The summed E-state index contributed by atoms with van der Waals surface area (Å²) in [5, 5.41) is 0. The van der Waals surface area contributed by atoms with Crippen LogP contribution in [0.5, 0.6) is 0 Å². The van der Waals surface area contributed by atoms with Crippen molar-refractivity contribution in [1.29, 1.82) is 0 Å². The minimum atomic E-state index is -0.614. The number of hydrogen-bond donors (Lipinski definition) is 0. The van der Waals surface area contributed by atoms with Crippen molar-refractivity contribution in [3.05, 3.63) is 118 Å². The number of carbonyl (C=O) groups excluding carboxylic acids is 4. The van der Waals surface area contributed by atoms with Crippen LogP contribution in [0.15, 0.2) is 84.9 Å². The Balaban J connectivity index is 1.25. The van der Waals surface area contributed by atoms with E-state index in [0.29, 0.717) is 22.3 Å². The summed E-state index contributed by atoms with van der Waals surface area (Å²) < 4.78 is 9.38. The minimum Gasteiger partial charge on any atom is -0.386 e. The van der Waals surface area contributed by atoms with Crippen LogP contribution >= 0.6 is 0 Å². The van der Waals surface area contributed by atoms with Gasteiger partial charge in [0.2, 0.25) is 0 Å². The van der Waals surface area contributed by atoms with E-state index in [0.717, 1.165) is 33.4 Å². The lowest BCUT2D eigenvalue weighted by Gasteiger charge is -2.26. The smallest absolute Gasteiger partial charge is 0.346 e. The van der Waals surface area contributed by atoms with Gasteiger partial charge in [-0.1, -0.05) is 74.5 Å². The first-order valence-corrected chi connectivity index (χ1v) is 11.8. The molecule has 0 saturated carbocycles. The second kappa shape index (κ2) is 8.10. The standard InChI is InChI=1S/C31H20O6/c1-31(2,21-9-3-17(4-10-21)19-7-13-23-25(15-19)29(34)36-27(23)32)22-11-5-18(6-12-22)20-8-14-24-26(16-20)30(35)37-28(24)33/h3-16H,1-2H3. The largest absolute Gasteiger partial charge is 0.386 e. The Hall–Kier alpha value is -4.84. The topological polar surface area (TPSA) is 86.7 Å². The molecule has 0 spiro atoms.